The van der Waals surface area contributed by atoms with Gasteiger partial charge in [-0.25, -0.2) is 13.4 Å². The molecule has 0 bridgehead atoms. The van der Waals surface area contributed by atoms with Crippen LogP contribution in [0.5, 0.6) is 0 Å². The van der Waals surface area contributed by atoms with Crippen molar-refractivity contribution in [1.82, 2.24) is 15.6 Å². The summed E-state index contributed by atoms with van der Waals surface area (Å²) >= 11 is 1.76. The van der Waals surface area contributed by atoms with Crippen LogP contribution < -0.4 is 10.6 Å². The lowest BCUT2D eigenvalue weighted by Crippen LogP contribution is -2.26. The standard InChI is InChI=1S/C18H25N3O2S2.C5H10O2/c1-13(14-3-5-17(6-4-14)25(2,22)23)20-11-16-12-24-18(21-16)15-7-9-19-10-8-15;1-5(2,3)7-4-6/h3-6,12-13,15,19-20H,7-11H2,1-2H3;4H,1-3H3. The molecule has 7 nitrogen and oxygen atoms in total. The first-order valence-corrected chi connectivity index (χ1v) is 13.6. The van der Waals surface area contributed by atoms with Crippen LogP contribution in [0.25, 0.3) is 0 Å². The van der Waals surface area contributed by atoms with Crippen LogP contribution in [0.15, 0.2) is 34.5 Å². The van der Waals surface area contributed by atoms with Crippen molar-refractivity contribution >= 4 is 27.6 Å². The molecule has 9 heteroatoms. The summed E-state index contributed by atoms with van der Waals surface area (Å²) in [5.74, 6) is 0.598. The van der Waals surface area contributed by atoms with Gasteiger partial charge in [0, 0.05) is 30.1 Å². The molecule has 0 spiro atoms. The Hall–Kier alpha value is -1.81. The summed E-state index contributed by atoms with van der Waals surface area (Å²) in [6.07, 6.45) is 3.57. The highest BCUT2D eigenvalue weighted by molar-refractivity contribution is 7.90. The number of aromatic nitrogens is 1. The van der Waals surface area contributed by atoms with E-state index in [0.29, 0.717) is 17.3 Å². The lowest BCUT2D eigenvalue weighted by atomic mass is 9.99. The van der Waals surface area contributed by atoms with Gasteiger partial charge in [-0.2, -0.15) is 0 Å². The minimum absolute atomic E-state index is 0.137. The molecule has 1 atom stereocenters. The number of sulfone groups is 1. The molecule has 0 amide bonds. The van der Waals surface area contributed by atoms with Crippen LogP contribution in [0.2, 0.25) is 0 Å². The zero-order chi connectivity index (χ0) is 23.8. The summed E-state index contributed by atoms with van der Waals surface area (Å²) in [5.41, 5.74) is 1.83. The van der Waals surface area contributed by atoms with E-state index in [4.69, 9.17) is 4.98 Å². The van der Waals surface area contributed by atoms with Crippen LogP contribution in [0.1, 0.15) is 68.8 Å². The highest BCUT2D eigenvalue weighted by atomic mass is 32.2. The van der Waals surface area contributed by atoms with Crippen molar-refractivity contribution in [2.75, 3.05) is 19.3 Å². The van der Waals surface area contributed by atoms with Crippen molar-refractivity contribution in [2.45, 2.75) is 69.5 Å². The largest absolute Gasteiger partial charge is 0.462 e. The summed E-state index contributed by atoms with van der Waals surface area (Å²) in [7, 11) is -3.14. The predicted octanol–water partition coefficient (Wildman–Crippen LogP) is 3.82. The van der Waals surface area contributed by atoms with E-state index in [9.17, 15) is 13.2 Å². The normalized spacial score (nSPS) is 16.0. The van der Waals surface area contributed by atoms with Crippen molar-refractivity contribution < 1.29 is 17.9 Å². The van der Waals surface area contributed by atoms with Crippen molar-refractivity contribution in [2.24, 2.45) is 0 Å². The number of hydrogen-bond donors (Lipinski definition) is 2. The number of piperidine rings is 1. The number of carbonyl (C=O) groups excluding carboxylic acids is 1. The SMILES string of the molecule is CC(C)(C)OC=O.CC(NCc1csc(C2CCNCC2)n1)c1ccc(S(C)(=O)=O)cc1. The zero-order valence-electron chi connectivity index (χ0n) is 19.6. The predicted molar refractivity (Wildman–Crippen MR) is 129 cm³/mol. The highest BCUT2D eigenvalue weighted by Gasteiger charge is 2.18. The second kappa shape index (κ2) is 11.9. The monoisotopic (exact) mass is 481 g/mol. The minimum atomic E-state index is -3.14. The Morgan fingerprint density at radius 3 is 2.38 bits per heavy atom. The third kappa shape index (κ3) is 8.97. The maximum Gasteiger partial charge on any atom is 0.293 e. The van der Waals surface area contributed by atoms with Gasteiger partial charge < -0.3 is 15.4 Å². The molecule has 2 aromatic rings. The van der Waals surface area contributed by atoms with E-state index in [-0.39, 0.29) is 11.6 Å². The zero-order valence-corrected chi connectivity index (χ0v) is 21.2. The molecule has 1 aromatic heterocycles. The quantitative estimate of drug-likeness (QED) is 0.580. The number of hydrogen-bond acceptors (Lipinski definition) is 8. The van der Waals surface area contributed by atoms with Gasteiger partial charge in [-0.15, -0.1) is 11.3 Å². The molecule has 3 rings (SSSR count). The smallest absolute Gasteiger partial charge is 0.293 e. The van der Waals surface area contributed by atoms with Gasteiger partial charge in [0.05, 0.1) is 15.6 Å². The number of thiazole rings is 1. The average Bonchev–Trinajstić information content (AvgIpc) is 3.21. The molecule has 2 heterocycles. The van der Waals surface area contributed by atoms with E-state index in [0.717, 1.165) is 30.9 Å². The molecule has 0 saturated carbocycles. The van der Waals surface area contributed by atoms with Gasteiger partial charge in [-0.05, 0) is 71.3 Å². The summed E-state index contributed by atoms with van der Waals surface area (Å²) in [4.78, 5) is 14.7. The molecule has 32 heavy (non-hydrogen) atoms. The van der Waals surface area contributed by atoms with E-state index in [1.165, 1.54) is 24.1 Å². The number of rotatable bonds is 7. The van der Waals surface area contributed by atoms with Crippen molar-refractivity contribution in [3.63, 3.8) is 0 Å². The van der Waals surface area contributed by atoms with E-state index in [1.54, 1.807) is 23.5 Å². The maximum atomic E-state index is 11.5. The second-order valence-electron chi connectivity index (χ2n) is 8.97. The topological polar surface area (TPSA) is 97.4 Å². The number of benzene rings is 1. The fraction of sp³-hybridized carbons (Fsp3) is 0.565. The highest BCUT2D eigenvalue weighted by Crippen LogP contribution is 2.28. The third-order valence-electron chi connectivity index (χ3n) is 5.06. The second-order valence-corrected chi connectivity index (χ2v) is 11.9. The van der Waals surface area contributed by atoms with Gasteiger partial charge >= 0.3 is 0 Å². The third-order valence-corrected chi connectivity index (χ3v) is 7.24. The molecule has 178 valence electrons. The van der Waals surface area contributed by atoms with Crippen molar-refractivity contribution in [3.05, 3.63) is 45.9 Å². The molecule has 1 aromatic carbocycles. The molecule has 1 fully saturated rings. The van der Waals surface area contributed by atoms with E-state index >= 15 is 0 Å². The Bertz CT molecular complexity index is 944. The van der Waals surface area contributed by atoms with Crippen molar-refractivity contribution in [3.8, 4) is 0 Å². The molecule has 2 N–H and O–H groups in total. The number of ether oxygens (including phenoxy) is 1. The van der Waals surface area contributed by atoms with Gasteiger partial charge in [0.25, 0.3) is 6.47 Å². The van der Waals surface area contributed by atoms with Gasteiger partial charge in [-0.1, -0.05) is 12.1 Å². The molecule has 1 aliphatic heterocycles. The van der Waals surface area contributed by atoms with Crippen LogP contribution in [0, 0.1) is 0 Å². The number of nitrogens with zero attached hydrogens (tertiary/aromatic N) is 1. The summed E-state index contributed by atoms with van der Waals surface area (Å²) in [6, 6.07) is 7.21. The summed E-state index contributed by atoms with van der Waals surface area (Å²) in [5, 5.41) is 10.3. The van der Waals surface area contributed by atoms with Crippen LogP contribution in [0.4, 0.5) is 0 Å². The van der Waals surface area contributed by atoms with Crippen molar-refractivity contribution in [1.29, 1.82) is 0 Å². The van der Waals surface area contributed by atoms with Gasteiger partial charge in [0.15, 0.2) is 9.84 Å². The molecule has 0 radical (unpaired) electrons. The lowest BCUT2D eigenvalue weighted by Gasteiger charge is -2.20. The van der Waals surface area contributed by atoms with Gasteiger partial charge in [0.1, 0.15) is 5.60 Å². The Morgan fingerprint density at radius 1 is 1.25 bits per heavy atom. The van der Waals surface area contributed by atoms with E-state index in [2.05, 4.69) is 27.7 Å². The maximum absolute atomic E-state index is 11.5. The summed E-state index contributed by atoms with van der Waals surface area (Å²) in [6.45, 7) is 10.9. The fourth-order valence-electron chi connectivity index (χ4n) is 3.18. The Labute approximate surface area is 195 Å². The van der Waals surface area contributed by atoms with Crippen LogP contribution in [-0.4, -0.2) is 44.8 Å². The first-order valence-electron chi connectivity index (χ1n) is 10.8. The fourth-order valence-corrected chi connectivity index (χ4v) is 4.81. The van der Waals surface area contributed by atoms with Crippen LogP contribution in [-0.2, 0) is 25.9 Å². The first kappa shape index (κ1) is 26.4. The number of carbonyl (C=O) groups is 1. The number of nitrogens with one attached hydrogen (secondary N) is 2. The molecule has 1 aliphatic rings. The Balaban J connectivity index is 0.000000451. The summed E-state index contributed by atoms with van der Waals surface area (Å²) < 4.78 is 27.6. The molecule has 1 saturated heterocycles. The average molecular weight is 482 g/mol. The van der Waals surface area contributed by atoms with Crippen LogP contribution in [0.3, 0.4) is 0 Å². The van der Waals surface area contributed by atoms with E-state index in [1.807, 2.05) is 32.9 Å². The Kier molecular flexibility index (Phi) is 9.82. The van der Waals surface area contributed by atoms with Gasteiger partial charge in [0.2, 0.25) is 0 Å². The molecular weight excluding hydrogens is 446 g/mol. The molecular formula is C23H35N3O4S2. The molecule has 0 aliphatic carbocycles. The minimum Gasteiger partial charge on any atom is -0.462 e. The lowest BCUT2D eigenvalue weighted by molar-refractivity contribution is -0.138. The Morgan fingerprint density at radius 2 is 1.88 bits per heavy atom. The van der Waals surface area contributed by atoms with Crippen LogP contribution >= 0.6 is 11.3 Å². The first-order chi connectivity index (χ1) is 15.0. The molecule has 1 unspecified atom stereocenters. The van der Waals surface area contributed by atoms with Gasteiger partial charge in [-0.3, -0.25) is 4.79 Å². The van der Waals surface area contributed by atoms with E-state index < -0.39 is 9.84 Å².